The Bertz CT molecular complexity index is 432. The highest BCUT2D eigenvalue weighted by Crippen LogP contribution is 2.36. The Hall–Kier alpha value is -1.04. The van der Waals surface area contributed by atoms with Gasteiger partial charge in [-0.05, 0) is 36.3 Å². The summed E-state index contributed by atoms with van der Waals surface area (Å²) in [5.74, 6) is 1.22. The molecule has 1 unspecified atom stereocenters. The maximum Gasteiger partial charge on any atom is 0.433 e. The Morgan fingerprint density at radius 2 is 2.11 bits per heavy atom. The van der Waals surface area contributed by atoms with Gasteiger partial charge in [0.25, 0.3) is 0 Å². The lowest BCUT2D eigenvalue weighted by Gasteiger charge is -2.13. The van der Waals surface area contributed by atoms with Gasteiger partial charge in [-0.25, -0.2) is 9.97 Å². The first-order valence-electron chi connectivity index (χ1n) is 5.72. The van der Waals surface area contributed by atoms with E-state index < -0.39 is 17.2 Å². The van der Waals surface area contributed by atoms with Crippen molar-refractivity contribution in [1.82, 2.24) is 9.97 Å². The minimum absolute atomic E-state index is 0.120. The van der Waals surface area contributed by atoms with Gasteiger partial charge in [0.15, 0.2) is 5.69 Å². The molecule has 100 valence electrons. The molecule has 18 heavy (non-hydrogen) atoms. The molecule has 0 aliphatic heterocycles. The minimum Gasteiger partial charge on any atom is -0.370 e. The van der Waals surface area contributed by atoms with Crippen molar-refractivity contribution >= 4 is 17.4 Å². The first kappa shape index (κ1) is 13.4. The highest BCUT2D eigenvalue weighted by atomic mass is 35.5. The van der Waals surface area contributed by atoms with Crippen molar-refractivity contribution in [1.29, 1.82) is 0 Å². The van der Waals surface area contributed by atoms with Crippen LogP contribution < -0.4 is 5.32 Å². The number of anilines is 1. The van der Waals surface area contributed by atoms with E-state index in [1.807, 2.05) is 0 Å². The van der Waals surface area contributed by atoms with E-state index in [-0.39, 0.29) is 5.82 Å². The highest BCUT2D eigenvalue weighted by molar-refractivity contribution is 6.28. The van der Waals surface area contributed by atoms with Crippen LogP contribution in [-0.2, 0) is 6.18 Å². The molecule has 0 amide bonds. The van der Waals surface area contributed by atoms with E-state index in [4.69, 9.17) is 11.6 Å². The second kappa shape index (κ2) is 4.91. The summed E-state index contributed by atoms with van der Waals surface area (Å²) in [4.78, 5) is 6.91. The molecule has 0 bridgehead atoms. The summed E-state index contributed by atoms with van der Waals surface area (Å²) in [6, 6.07) is 0.880. The molecule has 7 heteroatoms. The van der Waals surface area contributed by atoms with Crippen molar-refractivity contribution in [2.75, 3.05) is 11.9 Å². The van der Waals surface area contributed by atoms with Gasteiger partial charge < -0.3 is 5.32 Å². The van der Waals surface area contributed by atoms with Crippen molar-refractivity contribution < 1.29 is 13.2 Å². The van der Waals surface area contributed by atoms with Gasteiger partial charge in [0.1, 0.15) is 5.82 Å². The molecule has 2 rings (SSSR count). The van der Waals surface area contributed by atoms with E-state index >= 15 is 0 Å². The quantitative estimate of drug-likeness (QED) is 0.856. The third kappa shape index (κ3) is 3.48. The van der Waals surface area contributed by atoms with E-state index in [9.17, 15) is 13.2 Å². The predicted octanol–water partition coefficient (Wildman–Crippen LogP) is 3.61. The van der Waals surface area contributed by atoms with Crippen LogP contribution in [0, 0.1) is 11.8 Å². The molecule has 3 nitrogen and oxygen atoms in total. The molecule has 1 fully saturated rings. The third-order valence-corrected chi connectivity index (χ3v) is 3.19. The standard InChI is InChI=1S/C11H13ClF3N3/c1-6(7-2-3-7)5-16-9-4-8(11(13,14)15)17-10(12)18-9/h4,6-7H,2-3,5H2,1H3,(H,16,17,18). The second-order valence-electron chi connectivity index (χ2n) is 4.60. The van der Waals surface area contributed by atoms with Gasteiger partial charge in [0.2, 0.25) is 5.28 Å². The lowest BCUT2D eigenvalue weighted by Crippen LogP contribution is -2.16. The van der Waals surface area contributed by atoms with E-state index in [0.717, 1.165) is 6.07 Å². The van der Waals surface area contributed by atoms with Crippen molar-refractivity contribution in [3.63, 3.8) is 0 Å². The normalized spacial score (nSPS) is 17.6. The van der Waals surface area contributed by atoms with Crippen LogP contribution in [0.25, 0.3) is 0 Å². The lowest BCUT2D eigenvalue weighted by atomic mass is 10.1. The Morgan fingerprint density at radius 3 is 2.67 bits per heavy atom. The molecule has 1 aliphatic rings. The summed E-state index contributed by atoms with van der Waals surface area (Å²) >= 11 is 5.48. The number of alkyl halides is 3. The summed E-state index contributed by atoms with van der Waals surface area (Å²) in [5, 5.41) is 2.49. The molecule has 1 aromatic rings. The number of halogens is 4. The number of nitrogens with one attached hydrogen (secondary N) is 1. The molecule has 0 saturated heterocycles. The highest BCUT2D eigenvalue weighted by Gasteiger charge is 2.34. The number of rotatable bonds is 4. The van der Waals surface area contributed by atoms with Gasteiger partial charge in [-0.15, -0.1) is 0 Å². The van der Waals surface area contributed by atoms with Gasteiger partial charge in [-0.3, -0.25) is 0 Å². The fourth-order valence-electron chi connectivity index (χ4n) is 1.75. The number of hydrogen-bond acceptors (Lipinski definition) is 3. The molecule has 0 radical (unpaired) electrons. The van der Waals surface area contributed by atoms with Crippen LogP contribution in [0.3, 0.4) is 0 Å². The van der Waals surface area contributed by atoms with Crippen LogP contribution in [0.1, 0.15) is 25.5 Å². The summed E-state index contributed by atoms with van der Waals surface area (Å²) in [5.41, 5.74) is -1.02. The maximum atomic E-state index is 12.5. The van der Waals surface area contributed by atoms with Crippen molar-refractivity contribution in [2.45, 2.75) is 25.9 Å². The van der Waals surface area contributed by atoms with Crippen LogP contribution in [-0.4, -0.2) is 16.5 Å². The molecular formula is C11H13ClF3N3. The molecule has 1 N–H and O–H groups in total. The summed E-state index contributed by atoms with van der Waals surface area (Å²) < 4.78 is 37.5. The first-order chi connectivity index (χ1) is 8.36. The molecule has 1 aliphatic carbocycles. The Labute approximate surface area is 108 Å². The van der Waals surface area contributed by atoms with E-state index in [2.05, 4.69) is 22.2 Å². The van der Waals surface area contributed by atoms with Gasteiger partial charge in [-0.1, -0.05) is 6.92 Å². The summed E-state index contributed by atoms with van der Waals surface area (Å²) in [6.45, 7) is 2.66. The van der Waals surface area contributed by atoms with Crippen LogP contribution in [0.15, 0.2) is 6.07 Å². The minimum atomic E-state index is -4.51. The number of aromatic nitrogens is 2. The van der Waals surface area contributed by atoms with E-state index in [1.54, 1.807) is 0 Å². The Balaban J connectivity index is 2.05. The van der Waals surface area contributed by atoms with Crippen LogP contribution in [0.5, 0.6) is 0 Å². The molecule has 1 aromatic heterocycles. The molecule has 0 spiro atoms. The fourth-order valence-corrected chi connectivity index (χ4v) is 1.93. The third-order valence-electron chi connectivity index (χ3n) is 3.02. The SMILES string of the molecule is CC(CNc1cc(C(F)(F)F)nc(Cl)n1)C1CC1. The molecule has 1 saturated carbocycles. The predicted molar refractivity (Wildman–Crippen MR) is 62.4 cm³/mol. The van der Waals surface area contributed by atoms with Crippen molar-refractivity contribution in [3.05, 3.63) is 17.0 Å². The molecular weight excluding hydrogens is 267 g/mol. The number of hydrogen-bond donors (Lipinski definition) is 1. The zero-order valence-electron chi connectivity index (χ0n) is 9.76. The second-order valence-corrected chi connectivity index (χ2v) is 4.94. The van der Waals surface area contributed by atoms with Crippen LogP contribution in [0.2, 0.25) is 5.28 Å². The lowest BCUT2D eigenvalue weighted by molar-refractivity contribution is -0.141. The van der Waals surface area contributed by atoms with E-state index in [1.165, 1.54) is 12.8 Å². The Kier molecular flexibility index (Phi) is 3.66. The van der Waals surface area contributed by atoms with Gasteiger partial charge in [-0.2, -0.15) is 13.2 Å². The average molecular weight is 280 g/mol. The maximum absolute atomic E-state index is 12.5. The Morgan fingerprint density at radius 1 is 1.44 bits per heavy atom. The first-order valence-corrected chi connectivity index (χ1v) is 6.09. The molecule has 1 heterocycles. The zero-order chi connectivity index (χ0) is 13.3. The zero-order valence-corrected chi connectivity index (χ0v) is 10.5. The van der Waals surface area contributed by atoms with Gasteiger partial charge in [0.05, 0.1) is 0 Å². The van der Waals surface area contributed by atoms with Gasteiger partial charge >= 0.3 is 6.18 Å². The fraction of sp³-hybridized carbons (Fsp3) is 0.636. The largest absolute Gasteiger partial charge is 0.433 e. The van der Waals surface area contributed by atoms with Crippen molar-refractivity contribution in [2.24, 2.45) is 11.8 Å². The van der Waals surface area contributed by atoms with Gasteiger partial charge in [0, 0.05) is 12.6 Å². The van der Waals surface area contributed by atoms with Crippen LogP contribution >= 0.6 is 11.6 Å². The van der Waals surface area contributed by atoms with Crippen LogP contribution in [0.4, 0.5) is 19.0 Å². The topological polar surface area (TPSA) is 37.8 Å². The summed E-state index contributed by atoms with van der Waals surface area (Å²) in [6.07, 6.45) is -2.12. The summed E-state index contributed by atoms with van der Waals surface area (Å²) in [7, 11) is 0. The van der Waals surface area contributed by atoms with Crippen molar-refractivity contribution in [3.8, 4) is 0 Å². The molecule has 1 atom stereocenters. The smallest absolute Gasteiger partial charge is 0.370 e. The number of nitrogens with zero attached hydrogens (tertiary/aromatic N) is 2. The molecule has 0 aromatic carbocycles. The average Bonchev–Trinajstić information content (AvgIpc) is 3.07. The monoisotopic (exact) mass is 279 g/mol. The van der Waals surface area contributed by atoms with E-state index in [0.29, 0.717) is 18.4 Å².